The lowest BCUT2D eigenvalue weighted by Gasteiger charge is -2.15. The molecule has 2 aromatic carbocycles. The number of carbonyl (C=O) groups excluding carboxylic acids is 1. The Hall–Kier alpha value is -3.31. The van der Waals surface area contributed by atoms with Crippen molar-refractivity contribution in [2.45, 2.75) is 13.0 Å². The van der Waals surface area contributed by atoms with Gasteiger partial charge in [0.1, 0.15) is 11.8 Å². The van der Waals surface area contributed by atoms with Crippen LogP contribution in [0.1, 0.15) is 18.1 Å². The molecule has 0 aromatic heterocycles. The second-order valence-electron chi connectivity index (χ2n) is 4.54. The highest BCUT2D eigenvalue weighted by Gasteiger charge is 2.16. The normalized spacial score (nSPS) is 10.9. The fraction of sp³-hybridized carbons (Fsp3) is 0.118. The van der Waals surface area contributed by atoms with E-state index in [9.17, 15) is 4.79 Å². The second-order valence-corrected chi connectivity index (χ2v) is 4.54. The van der Waals surface area contributed by atoms with E-state index >= 15 is 0 Å². The highest BCUT2D eigenvalue weighted by molar-refractivity contribution is 5.95. The number of carbonyl (C=O) groups is 1. The van der Waals surface area contributed by atoms with E-state index in [-0.39, 0.29) is 5.91 Å². The third-order valence-corrected chi connectivity index (χ3v) is 2.97. The van der Waals surface area contributed by atoms with E-state index in [2.05, 4.69) is 5.32 Å². The number of amides is 1. The molecule has 0 fully saturated rings. The molecule has 1 amide bonds. The van der Waals surface area contributed by atoms with Crippen LogP contribution in [0.25, 0.3) is 0 Å². The number of nitrogens with one attached hydrogen (secondary N) is 1. The summed E-state index contributed by atoms with van der Waals surface area (Å²) in [5.41, 5.74) is 1.36. The zero-order chi connectivity index (χ0) is 15.9. The van der Waals surface area contributed by atoms with E-state index in [0.717, 1.165) is 0 Å². The summed E-state index contributed by atoms with van der Waals surface area (Å²) in [6.07, 6.45) is -0.736. The van der Waals surface area contributed by atoms with Crippen LogP contribution in [0.4, 0.5) is 5.69 Å². The largest absolute Gasteiger partial charge is 0.481 e. The topological polar surface area (TPSA) is 85.9 Å². The summed E-state index contributed by atoms with van der Waals surface area (Å²) in [5.74, 6) is 0.141. The third kappa shape index (κ3) is 3.62. The summed E-state index contributed by atoms with van der Waals surface area (Å²) in [6, 6.07) is 17.3. The zero-order valence-corrected chi connectivity index (χ0v) is 11.9. The number of ether oxygens (including phenoxy) is 1. The molecule has 5 nitrogen and oxygen atoms in total. The predicted molar refractivity (Wildman–Crippen MR) is 81.0 cm³/mol. The molecular formula is C17H13N3O2. The lowest BCUT2D eigenvalue weighted by atomic mass is 10.2. The predicted octanol–water partition coefficient (Wildman–Crippen LogP) is 2.84. The first-order valence-corrected chi connectivity index (χ1v) is 6.61. The first kappa shape index (κ1) is 15.1. The Morgan fingerprint density at radius 2 is 1.77 bits per heavy atom. The van der Waals surface area contributed by atoms with Gasteiger partial charge in [0.05, 0.1) is 22.9 Å². The van der Waals surface area contributed by atoms with E-state index in [1.807, 2.05) is 12.1 Å². The van der Waals surface area contributed by atoms with E-state index in [4.69, 9.17) is 15.3 Å². The van der Waals surface area contributed by atoms with Crippen LogP contribution in [0.5, 0.6) is 5.75 Å². The minimum Gasteiger partial charge on any atom is -0.481 e. The second kappa shape index (κ2) is 6.92. The summed E-state index contributed by atoms with van der Waals surface area (Å²) in [6.45, 7) is 1.61. The molecule has 2 aromatic rings. The third-order valence-electron chi connectivity index (χ3n) is 2.97. The van der Waals surface area contributed by atoms with Gasteiger partial charge in [0.25, 0.3) is 5.91 Å². The van der Waals surface area contributed by atoms with Crippen molar-refractivity contribution in [3.63, 3.8) is 0 Å². The standard InChI is InChI=1S/C17H13N3O2/c1-12(22-15-8-6-13(10-18)7-9-15)17(21)20-16-5-3-2-4-14(16)11-19/h2-9,12H,1H3,(H,20,21)/t12-/m0/s1. The first-order chi connectivity index (χ1) is 10.6. The van der Waals surface area contributed by atoms with Crippen molar-refractivity contribution in [1.29, 1.82) is 10.5 Å². The van der Waals surface area contributed by atoms with Crippen molar-refractivity contribution < 1.29 is 9.53 Å². The van der Waals surface area contributed by atoms with Gasteiger partial charge in [-0.3, -0.25) is 4.79 Å². The molecule has 2 rings (SSSR count). The van der Waals surface area contributed by atoms with Crippen molar-refractivity contribution in [1.82, 2.24) is 0 Å². The molecule has 0 saturated heterocycles. The lowest BCUT2D eigenvalue weighted by Crippen LogP contribution is -2.30. The summed E-state index contributed by atoms with van der Waals surface area (Å²) in [5, 5.41) is 20.4. The Morgan fingerprint density at radius 3 is 2.41 bits per heavy atom. The summed E-state index contributed by atoms with van der Waals surface area (Å²) >= 11 is 0. The van der Waals surface area contributed by atoms with Gasteiger partial charge in [-0.15, -0.1) is 0 Å². The number of hydrogen-bond acceptors (Lipinski definition) is 4. The van der Waals surface area contributed by atoms with Crippen LogP contribution in [-0.4, -0.2) is 12.0 Å². The molecule has 0 radical (unpaired) electrons. The quantitative estimate of drug-likeness (QED) is 0.938. The molecule has 5 heteroatoms. The Morgan fingerprint density at radius 1 is 1.09 bits per heavy atom. The van der Waals surface area contributed by atoms with Crippen LogP contribution in [0, 0.1) is 22.7 Å². The highest BCUT2D eigenvalue weighted by Crippen LogP contribution is 2.16. The number of anilines is 1. The maximum absolute atomic E-state index is 12.1. The van der Waals surface area contributed by atoms with Crippen molar-refractivity contribution in [3.8, 4) is 17.9 Å². The van der Waals surface area contributed by atoms with Gasteiger partial charge >= 0.3 is 0 Å². The van der Waals surface area contributed by atoms with Gasteiger partial charge in [-0.1, -0.05) is 12.1 Å². The zero-order valence-electron chi connectivity index (χ0n) is 11.9. The van der Waals surface area contributed by atoms with Crippen molar-refractivity contribution in [2.24, 2.45) is 0 Å². The average Bonchev–Trinajstić information content (AvgIpc) is 2.56. The minimum absolute atomic E-state index is 0.355. The first-order valence-electron chi connectivity index (χ1n) is 6.61. The number of benzene rings is 2. The smallest absolute Gasteiger partial charge is 0.265 e. The summed E-state index contributed by atoms with van der Waals surface area (Å²) in [4.78, 5) is 12.1. The average molecular weight is 291 g/mol. The number of nitriles is 2. The monoisotopic (exact) mass is 291 g/mol. The minimum atomic E-state index is -0.736. The van der Waals surface area contributed by atoms with E-state index < -0.39 is 6.10 Å². The van der Waals surface area contributed by atoms with Crippen LogP contribution in [0.15, 0.2) is 48.5 Å². The molecule has 0 aliphatic heterocycles. The number of nitrogens with zero attached hydrogens (tertiary/aromatic N) is 2. The SMILES string of the molecule is C[C@H](Oc1ccc(C#N)cc1)C(=O)Nc1ccccc1C#N. The fourth-order valence-corrected chi connectivity index (χ4v) is 1.79. The Labute approximate surface area is 128 Å². The van der Waals surface area contributed by atoms with Crippen LogP contribution in [0.3, 0.4) is 0 Å². The van der Waals surface area contributed by atoms with Crippen LogP contribution >= 0.6 is 0 Å². The number of para-hydroxylation sites is 1. The maximum atomic E-state index is 12.1. The number of rotatable bonds is 4. The molecule has 1 atom stereocenters. The van der Waals surface area contributed by atoms with Gasteiger partial charge in [0, 0.05) is 0 Å². The van der Waals surface area contributed by atoms with Gasteiger partial charge < -0.3 is 10.1 Å². The Balaban J connectivity index is 2.03. The molecule has 108 valence electrons. The molecule has 0 heterocycles. The van der Waals surface area contributed by atoms with Crippen LogP contribution in [-0.2, 0) is 4.79 Å². The molecule has 0 spiro atoms. The van der Waals surface area contributed by atoms with Crippen molar-refractivity contribution >= 4 is 11.6 Å². The molecule has 0 saturated carbocycles. The van der Waals surface area contributed by atoms with Crippen molar-refractivity contribution in [3.05, 3.63) is 59.7 Å². The summed E-state index contributed by atoms with van der Waals surface area (Å²) < 4.78 is 5.52. The Kier molecular flexibility index (Phi) is 4.74. The Bertz CT molecular complexity index is 755. The molecule has 0 aliphatic rings. The van der Waals surface area contributed by atoms with Crippen molar-refractivity contribution in [2.75, 3.05) is 5.32 Å². The molecule has 0 unspecified atom stereocenters. The summed E-state index contributed by atoms with van der Waals surface area (Å²) in [7, 11) is 0. The maximum Gasteiger partial charge on any atom is 0.265 e. The number of hydrogen-bond donors (Lipinski definition) is 1. The van der Waals surface area contributed by atoms with E-state index in [1.54, 1.807) is 55.5 Å². The molecule has 0 aliphatic carbocycles. The molecule has 1 N–H and O–H groups in total. The molecule has 22 heavy (non-hydrogen) atoms. The van der Waals surface area contributed by atoms with Crippen LogP contribution < -0.4 is 10.1 Å². The van der Waals surface area contributed by atoms with Gasteiger partial charge in [-0.05, 0) is 43.3 Å². The van der Waals surface area contributed by atoms with Crippen LogP contribution in [0.2, 0.25) is 0 Å². The highest BCUT2D eigenvalue weighted by atomic mass is 16.5. The molecular weight excluding hydrogens is 278 g/mol. The fourth-order valence-electron chi connectivity index (χ4n) is 1.79. The van der Waals surface area contributed by atoms with E-state index in [1.165, 1.54) is 0 Å². The van der Waals surface area contributed by atoms with Gasteiger partial charge in [0.2, 0.25) is 0 Å². The van der Waals surface area contributed by atoms with Gasteiger partial charge in [-0.2, -0.15) is 10.5 Å². The van der Waals surface area contributed by atoms with Gasteiger partial charge in [0.15, 0.2) is 6.10 Å². The molecule has 0 bridgehead atoms. The van der Waals surface area contributed by atoms with Gasteiger partial charge in [-0.25, -0.2) is 0 Å². The lowest BCUT2D eigenvalue weighted by molar-refractivity contribution is -0.122. The van der Waals surface area contributed by atoms with E-state index in [0.29, 0.717) is 22.6 Å².